The van der Waals surface area contributed by atoms with Crippen LogP contribution in [0.1, 0.15) is 42.5 Å². The SMILES string of the molecule is NCC1CCN(C(=O)c2ccc(S(=O)(=O)C3CCCC3)cc2)C1. The van der Waals surface area contributed by atoms with E-state index in [1.807, 2.05) is 0 Å². The van der Waals surface area contributed by atoms with Crippen molar-refractivity contribution >= 4 is 15.7 Å². The van der Waals surface area contributed by atoms with E-state index in [0.29, 0.717) is 29.5 Å². The lowest BCUT2D eigenvalue weighted by Gasteiger charge is -2.17. The van der Waals surface area contributed by atoms with Gasteiger partial charge in [-0.25, -0.2) is 8.42 Å². The summed E-state index contributed by atoms with van der Waals surface area (Å²) in [4.78, 5) is 14.6. The molecule has 1 aromatic rings. The molecule has 1 aromatic carbocycles. The molecule has 0 radical (unpaired) electrons. The molecule has 2 N–H and O–H groups in total. The van der Waals surface area contributed by atoms with Crippen LogP contribution in [0.4, 0.5) is 0 Å². The smallest absolute Gasteiger partial charge is 0.253 e. The van der Waals surface area contributed by atoms with Gasteiger partial charge < -0.3 is 10.6 Å². The van der Waals surface area contributed by atoms with Gasteiger partial charge in [-0.3, -0.25) is 4.79 Å². The first kappa shape index (κ1) is 16.5. The van der Waals surface area contributed by atoms with Gasteiger partial charge in [-0.05, 0) is 56.0 Å². The lowest BCUT2D eigenvalue weighted by Crippen LogP contribution is -2.29. The first-order chi connectivity index (χ1) is 11.0. The van der Waals surface area contributed by atoms with Crippen LogP contribution in [0.15, 0.2) is 29.2 Å². The molecule has 1 aliphatic carbocycles. The lowest BCUT2D eigenvalue weighted by atomic mass is 10.1. The van der Waals surface area contributed by atoms with Crippen molar-refractivity contribution in [1.82, 2.24) is 4.90 Å². The maximum Gasteiger partial charge on any atom is 0.253 e. The molecule has 3 rings (SSSR count). The number of rotatable bonds is 4. The maximum atomic E-state index is 12.5. The molecule has 0 bridgehead atoms. The highest BCUT2D eigenvalue weighted by molar-refractivity contribution is 7.92. The summed E-state index contributed by atoms with van der Waals surface area (Å²) in [7, 11) is -3.25. The molecule has 0 spiro atoms. The predicted molar refractivity (Wildman–Crippen MR) is 88.9 cm³/mol. The minimum atomic E-state index is -3.25. The monoisotopic (exact) mass is 336 g/mol. The van der Waals surface area contributed by atoms with Crippen LogP contribution in [0.5, 0.6) is 0 Å². The van der Waals surface area contributed by atoms with Gasteiger partial charge >= 0.3 is 0 Å². The Kier molecular flexibility index (Phi) is 4.73. The standard InChI is InChI=1S/C17H24N2O3S/c18-11-13-9-10-19(12-13)17(20)14-5-7-16(8-6-14)23(21,22)15-3-1-2-4-15/h5-8,13,15H,1-4,9-12,18H2. The minimum absolute atomic E-state index is 0.0363. The van der Waals surface area contributed by atoms with Crippen molar-refractivity contribution in [2.24, 2.45) is 11.7 Å². The number of nitrogens with two attached hydrogens (primary N) is 1. The lowest BCUT2D eigenvalue weighted by molar-refractivity contribution is 0.0787. The number of nitrogens with zero attached hydrogens (tertiary/aromatic N) is 1. The molecule has 1 heterocycles. The third kappa shape index (κ3) is 3.28. The van der Waals surface area contributed by atoms with E-state index >= 15 is 0 Å². The molecule has 6 heteroatoms. The van der Waals surface area contributed by atoms with Crippen LogP contribution in [0.2, 0.25) is 0 Å². The van der Waals surface area contributed by atoms with Crippen LogP contribution < -0.4 is 5.73 Å². The number of carbonyl (C=O) groups is 1. The summed E-state index contributed by atoms with van der Waals surface area (Å²) in [6, 6.07) is 6.44. The normalized spacial score (nSPS) is 22.7. The highest BCUT2D eigenvalue weighted by Crippen LogP contribution is 2.29. The zero-order valence-electron chi connectivity index (χ0n) is 13.3. The first-order valence-electron chi connectivity index (χ1n) is 8.35. The number of amides is 1. The number of hydrogen-bond acceptors (Lipinski definition) is 4. The van der Waals surface area contributed by atoms with Gasteiger partial charge in [0.1, 0.15) is 0 Å². The van der Waals surface area contributed by atoms with Gasteiger partial charge in [0.05, 0.1) is 10.1 Å². The molecule has 1 saturated carbocycles. The molecule has 1 aliphatic heterocycles. The molecule has 1 unspecified atom stereocenters. The van der Waals surface area contributed by atoms with Gasteiger partial charge in [0.15, 0.2) is 9.84 Å². The quantitative estimate of drug-likeness (QED) is 0.909. The third-order valence-corrected chi connectivity index (χ3v) is 7.36. The van der Waals surface area contributed by atoms with Crippen LogP contribution in [0.25, 0.3) is 0 Å². The number of hydrogen-bond donors (Lipinski definition) is 1. The maximum absolute atomic E-state index is 12.5. The van der Waals surface area contributed by atoms with Gasteiger partial charge in [0.25, 0.3) is 5.91 Å². The van der Waals surface area contributed by atoms with Crippen LogP contribution in [-0.2, 0) is 9.84 Å². The second-order valence-corrected chi connectivity index (χ2v) is 8.85. The van der Waals surface area contributed by atoms with Gasteiger partial charge in [-0.15, -0.1) is 0 Å². The van der Waals surface area contributed by atoms with E-state index < -0.39 is 9.84 Å². The second kappa shape index (κ2) is 6.61. The Bertz CT molecular complexity index is 664. The molecule has 126 valence electrons. The van der Waals surface area contributed by atoms with Crippen LogP contribution >= 0.6 is 0 Å². The highest BCUT2D eigenvalue weighted by Gasteiger charge is 2.31. The summed E-state index contributed by atoms with van der Waals surface area (Å²) in [6.45, 7) is 2.02. The largest absolute Gasteiger partial charge is 0.338 e. The topological polar surface area (TPSA) is 80.5 Å². The molecule has 2 fully saturated rings. The minimum Gasteiger partial charge on any atom is -0.338 e. The highest BCUT2D eigenvalue weighted by atomic mass is 32.2. The van der Waals surface area contributed by atoms with E-state index in [4.69, 9.17) is 5.73 Å². The van der Waals surface area contributed by atoms with Crippen molar-refractivity contribution < 1.29 is 13.2 Å². The zero-order valence-corrected chi connectivity index (χ0v) is 14.1. The molecular formula is C17H24N2O3S. The summed E-state index contributed by atoms with van der Waals surface area (Å²) in [6.07, 6.45) is 4.40. The average Bonchev–Trinajstić information content (AvgIpc) is 3.25. The van der Waals surface area contributed by atoms with E-state index in [9.17, 15) is 13.2 Å². The van der Waals surface area contributed by atoms with Crippen molar-refractivity contribution in [3.8, 4) is 0 Å². The average molecular weight is 336 g/mol. The summed E-state index contributed by atoms with van der Waals surface area (Å²) >= 11 is 0. The van der Waals surface area contributed by atoms with Gasteiger partial charge in [0.2, 0.25) is 0 Å². The van der Waals surface area contributed by atoms with E-state index in [1.54, 1.807) is 29.2 Å². The van der Waals surface area contributed by atoms with Crippen molar-refractivity contribution in [3.63, 3.8) is 0 Å². The summed E-state index contributed by atoms with van der Waals surface area (Å²) < 4.78 is 25.1. The summed E-state index contributed by atoms with van der Waals surface area (Å²) in [5.41, 5.74) is 6.21. The zero-order chi connectivity index (χ0) is 16.4. The number of likely N-dealkylation sites (tertiary alicyclic amines) is 1. The van der Waals surface area contributed by atoms with Gasteiger partial charge in [-0.1, -0.05) is 12.8 Å². The Balaban J connectivity index is 1.73. The van der Waals surface area contributed by atoms with Crippen molar-refractivity contribution in [3.05, 3.63) is 29.8 Å². The Morgan fingerprint density at radius 1 is 1.13 bits per heavy atom. The fraction of sp³-hybridized carbons (Fsp3) is 0.588. The number of carbonyl (C=O) groups excluding carboxylic acids is 1. The first-order valence-corrected chi connectivity index (χ1v) is 9.90. The van der Waals surface area contributed by atoms with Crippen molar-refractivity contribution in [1.29, 1.82) is 0 Å². The molecule has 2 aliphatic rings. The summed E-state index contributed by atoms with van der Waals surface area (Å²) in [5.74, 6) is 0.340. The second-order valence-electron chi connectivity index (χ2n) is 6.62. The van der Waals surface area contributed by atoms with Gasteiger partial charge in [-0.2, -0.15) is 0 Å². The van der Waals surface area contributed by atoms with E-state index in [1.165, 1.54) is 0 Å². The fourth-order valence-corrected chi connectivity index (χ4v) is 5.42. The van der Waals surface area contributed by atoms with Gasteiger partial charge in [0, 0.05) is 18.7 Å². The summed E-state index contributed by atoms with van der Waals surface area (Å²) in [5, 5.41) is -0.257. The van der Waals surface area contributed by atoms with E-state index in [2.05, 4.69) is 0 Å². The molecule has 1 amide bonds. The Hall–Kier alpha value is -1.40. The Morgan fingerprint density at radius 2 is 1.78 bits per heavy atom. The van der Waals surface area contributed by atoms with Crippen molar-refractivity contribution in [2.45, 2.75) is 42.2 Å². The molecule has 23 heavy (non-hydrogen) atoms. The molecule has 1 atom stereocenters. The van der Waals surface area contributed by atoms with Crippen LogP contribution in [0, 0.1) is 5.92 Å². The van der Waals surface area contributed by atoms with Crippen molar-refractivity contribution in [2.75, 3.05) is 19.6 Å². The molecule has 0 aromatic heterocycles. The van der Waals surface area contributed by atoms with Crippen LogP contribution in [-0.4, -0.2) is 44.1 Å². The Morgan fingerprint density at radius 3 is 2.35 bits per heavy atom. The predicted octanol–water partition coefficient (Wildman–Crippen LogP) is 1.82. The number of benzene rings is 1. The van der Waals surface area contributed by atoms with E-state index in [-0.39, 0.29) is 11.2 Å². The number of sulfone groups is 1. The van der Waals surface area contributed by atoms with Crippen LogP contribution in [0.3, 0.4) is 0 Å². The Labute approximate surface area is 137 Å². The van der Waals surface area contributed by atoms with E-state index in [0.717, 1.165) is 38.6 Å². The molecule has 1 saturated heterocycles. The molecular weight excluding hydrogens is 312 g/mol. The third-order valence-electron chi connectivity index (χ3n) is 5.08. The molecule has 5 nitrogen and oxygen atoms in total. The fourth-order valence-electron chi connectivity index (χ4n) is 3.57.